The van der Waals surface area contributed by atoms with Crippen molar-refractivity contribution in [3.05, 3.63) is 296 Å². The van der Waals surface area contributed by atoms with Crippen molar-refractivity contribution in [3.8, 4) is 44.5 Å². The molecule has 0 aliphatic carbocycles. The second-order valence-corrected chi connectivity index (χ2v) is 19.0. The second-order valence-electron chi connectivity index (χ2n) is 19.0. The minimum absolute atomic E-state index is 0.0736. The van der Waals surface area contributed by atoms with Crippen LogP contribution in [0.4, 0.5) is 34.1 Å². The van der Waals surface area contributed by atoms with Crippen molar-refractivity contribution in [2.75, 3.05) is 9.80 Å². The molecule has 2 aliphatic heterocycles. The topological polar surface area (TPSA) is 6.48 Å². The normalized spacial score (nSPS) is 12.5. The summed E-state index contributed by atoms with van der Waals surface area (Å²) >= 11 is 0. The largest absolute Gasteiger partial charge is 0.311 e. The Morgan fingerprint density at radius 1 is 0.268 bits per heavy atom. The standard InChI is InChI=1S/C68H49BN2/c1-68(56-32-16-6-17-33-56,57-34-18-7-19-35-57)58-46-65-67-66(47-58)71(60-37-21-31-53(43-60)49-24-10-3-11-25-49)64-45-55(51-28-14-5-15-29-51)39-41-62(64)69(67)61-40-38-54(50-26-12-4-13-27-50)44-63(61)70(65)59-36-20-30-52(42-59)48-22-8-2-9-23-48/h2-47H,1H3. The Morgan fingerprint density at radius 2 is 0.592 bits per heavy atom. The van der Waals surface area contributed by atoms with Gasteiger partial charge in [0.25, 0.3) is 6.71 Å². The Morgan fingerprint density at radius 3 is 0.958 bits per heavy atom. The van der Waals surface area contributed by atoms with Crippen LogP contribution in [-0.4, -0.2) is 6.71 Å². The summed E-state index contributed by atoms with van der Waals surface area (Å²) in [5.41, 5.74) is 23.3. The SMILES string of the molecule is CC(c1ccccc1)(c1ccccc1)c1cc2c3c(c1)N(c1cccc(-c4ccccc4)c1)c1cc(-c4ccccc4)ccc1B3c1ccc(-c3ccccc3)cc1N2c1cccc(-c2ccccc2)c1. The third-order valence-electron chi connectivity index (χ3n) is 15.0. The molecule has 0 atom stereocenters. The van der Waals surface area contributed by atoms with Gasteiger partial charge in [-0.05, 0) is 133 Å². The Bertz CT molecular complexity index is 3470. The molecule has 2 nitrogen and oxygen atoms in total. The summed E-state index contributed by atoms with van der Waals surface area (Å²) in [7, 11) is 0. The summed E-state index contributed by atoms with van der Waals surface area (Å²) in [5, 5.41) is 0. The molecule has 2 aliphatic rings. The molecule has 0 spiro atoms. The van der Waals surface area contributed by atoms with Gasteiger partial charge in [-0.3, -0.25) is 0 Å². The maximum Gasteiger partial charge on any atom is 0.252 e. The fourth-order valence-corrected chi connectivity index (χ4v) is 11.4. The number of hydrogen-bond donors (Lipinski definition) is 0. The van der Waals surface area contributed by atoms with Crippen LogP contribution in [0.5, 0.6) is 0 Å². The molecule has 0 amide bonds. The fourth-order valence-electron chi connectivity index (χ4n) is 11.4. The summed E-state index contributed by atoms with van der Waals surface area (Å²) in [4.78, 5) is 5.15. The van der Waals surface area contributed by atoms with E-state index in [2.05, 4.69) is 296 Å². The Labute approximate surface area is 417 Å². The minimum atomic E-state index is -0.545. The first-order chi connectivity index (χ1) is 35.1. The highest BCUT2D eigenvalue weighted by Crippen LogP contribution is 2.50. The maximum atomic E-state index is 2.57. The first-order valence-corrected chi connectivity index (χ1v) is 24.7. The molecule has 3 heteroatoms. The molecule has 13 rings (SSSR count). The molecule has 0 fully saturated rings. The van der Waals surface area contributed by atoms with Crippen LogP contribution in [0.2, 0.25) is 0 Å². The zero-order valence-corrected chi connectivity index (χ0v) is 39.5. The lowest BCUT2D eigenvalue weighted by Gasteiger charge is -2.46. The Kier molecular flexibility index (Phi) is 10.4. The van der Waals surface area contributed by atoms with E-state index in [0.717, 1.165) is 11.4 Å². The van der Waals surface area contributed by atoms with Crippen LogP contribution in [0.1, 0.15) is 23.6 Å². The number of rotatable bonds is 9. The third kappa shape index (κ3) is 7.29. The van der Waals surface area contributed by atoms with Crippen LogP contribution in [0.25, 0.3) is 44.5 Å². The summed E-state index contributed by atoms with van der Waals surface area (Å²) < 4.78 is 0. The zero-order valence-electron chi connectivity index (χ0n) is 39.5. The minimum Gasteiger partial charge on any atom is -0.311 e. The predicted octanol–water partition coefficient (Wildman–Crippen LogP) is 15.8. The van der Waals surface area contributed by atoms with E-state index in [9.17, 15) is 0 Å². The lowest BCUT2D eigenvalue weighted by molar-refractivity contribution is 0.693. The van der Waals surface area contributed by atoms with Crippen molar-refractivity contribution in [1.29, 1.82) is 0 Å². The molecule has 11 aromatic carbocycles. The highest BCUT2D eigenvalue weighted by atomic mass is 15.2. The summed E-state index contributed by atoms with van der Waals surface area (Å²) in [6.07, 6.45) is 0. The fraction of sp³-hybridized carbons (Fsp3) is 0.0294. The van der Waals surface area contributed by atoms with E-state index in [0.29, 0.717) is 0 Å². The van der Waals surface area contributed by atoms with Crippen LogP contribution in [0.15, 0.2) is 279 Å². The molecule has 0 N–H and O–H groups in total. The molecule has 71 heavy (non-hydrogen) atoms. The van der Waals surface area contributed by atoms with Crippen LogP contribution >= 0.6 is 0 Å². The van der Waals surface area contributed by atoms with Crippen molar-refractivity contribution in [3.63, 3.8) is 0 Å². The molecule has 0 unspecified atom stereocenters. The average Bonchev–Trinajstić information content (AvgIpc) is 3.46. The van der Waals surface area contributed by atoms with Crippen LogP contribution in [0, 0.1) is 0 Å². The molecule has 0 radical (unpaired) electrons. The third-order valence-corrected chi connectivity index (χ3v) is 15.0. The molecule has 11 aromatic rings. The summed E-state index contributed by atoms with van der Waals surface area (Å²) in [6.45, 7) is 2.34. The van der Waals surface area contributed by atoms with E-state index in [1.807, 2.05) is 0 Å². The van der Waals surface area contributed by atoms with Gasteiger partial charge in [-0.1, -0.05) is 231 Å². The van der Waals surface area contributed by atoms with E-state index in [4.69, 9.17) is 0 Å². The Balaban J connectivity index is 1.17. The molecule has 0 aromatic heterocycles. The molecule has 0 bridgehead atoms. The van der Waals surface area contributed by atoms with Gasteiger partial charge in [-0.15, -0.1) is 0 Å². The highest BCUT2D eigenvalue weighted by molar-refractivity contribution is 7.00. The number of anilines is 6. The Hall–Kier alpha value is -8.92. The molecular weight excluding hydrogens is 856 g/mol. The van der Waals surface area contributed by atoms with Crippen molar-refractivity contribution in [2.45, 2.75) is 12.3 Å². The van der Waals surface area contributed by atoms with Crippen molar-refractivity contribution >= 4 is 57.2 Å². The lowest BCUT2D eigenvalue weighted by Crippen LogP contribution is -2.61. The average molecular weight is 905 g/mol. The first-order valence-electron chi connectivity index (χ1n) is 24.7. The molecular formula is C68H49BN2. The van der Waals surface area contributed by atoms with Gasteiger partial charge in [0.05, 0.1) is 0 Å². The van der Waals surface area contributed by atoms with Crippen molar-refractivity contribution < 1.29 is 0 Å². The summed E-state index contributed by atoms with van der Waals surface area (Å²) in [5.74, 6) is 0. The molecule has 2 heterocycles. The lowest BCUT2D eigenvalue weighted by atomic mass is 9.33. The molecule has 0 saturated carbocycles. The molecule has 0 saturated heterocycles. The van der Waals surface area contributed by atoms with Gasteiger partial charge < -0.3 is 9.80 Å². The van der Waals surface area contributed by atoms with Crippen molar-refractivity contribution in [1.82, 2.24) is 0 Å². The van der Waals surface area contributed by atoms with Gasteiger partial charge in [-0.2, -0.15) is 0 Å². The van der Waals surface area contributed by atoms with Gasteiger partial charge in [0.2, 0.25) is 0 Å². The van der Waals surface area contributed by atoms with Crippen LogP contribution in [-0.2, 0) is 5.41 Å². The monoisotopic (exact) mass is 904 g/mol. The van der Waals surface area contributed by atoms with Crippen LogP contribution < -0.4 is 26.2 Å². The molecule has 334 valence electrons. The predicted molar refractivity (Wildman–Crippen MR) is 301 cm³/mol. The second kappa shape index (κ2) is 17.6. The summed E-state index contributed by atoms with van der Waals surface area (Å²) in [6, 6.07) is 103. The van der Waals surface area contributed by atoms with E-state index >= 15 is 0 Å². The number of benzene rings is 11. The van der Waals surface area contributed by atoms with Gasteiger partial charge in [0, 0.05) is 39.5 Å². The first kappa shape index (κ1) is 42.2. The van der Waals surface area contributed by atoms with E-state index in [1.54, 1.807) is 0 Å². The van der Waals surface area contributed by atoms with E-state index in [1.165, 1.54) is 100 Å². The number of hydrogen-bond acceptors (Lipinski definition) is 2. The van der Waals surface area contributed by atoms with Gasteiger partial charge in [0.1, 0.15) is 0 Å². The smallest absolute Gasteiger partial charge is 0.252 e. The van der Waals surface area contributed by atoms with E-state index in [-0.39, 0.29) is 6.71 Å². The zero-order chi connectivity index (χ0) is 47.3. The number of nitrogens with zero attached hydrogens (tertiary/aromatic N) is 2. The maximum absolute atomic E-state index is 2.57. The van der Waals surface area contributed by atoms with Gasteiger partial charge >= 0.3 is 0 Å². The van der Waals surface area contributed by atoms with Crippen LogP contribution in [0.3, 0.4) is 0 Å². The van der Waals surface area contributed by atoms with Gasteiger partial charge in [0.15, 0.2) is 0 Å². The quantitative estimate of drug-likeness (QED) is 0.105. The highest BCUT2D eigenvalue weighted by Gasteiger charge is 2.45. The van der Waals surface area contributed by atoms with Crippen molar-refractivity contribution in [2.24, 2.45) is 0 Å². The van der Waals surface area contributed by atoms with Gasteiger partial charge in [-0.25, -0.2) is 0 Å². The number of fused-ring (bicyclic) bond motifs is 4. The van der Waals surface area contributed by atoms with E-state index < -0.39 is 5.41 Å².